The molecule has 0 amide bonds. The number of unbranched alkanes of at least 4 members (excludes halogenated alkanes) is 5. The standard InChI is InChI=1S/C19H28O2/c1-3-21-19(20)17(2)13-9-6-4-5-7-10-14-18-15-11-8-12-16-18/h8,11-12,15-16H,2-7,9-10,13-14H2,1H3. The molecule has 0 aromatic heterocycles. The molecule has 0 heterocycles. The highest BCUT2D eigenvalue weighted by molar-refractivity contribution is 5.87. The van der Waals surface area contributed by atoms with E-state index < -0.39 is 0 Å². The van der Waals surface area contributed by atoms with Gasteiger partial charge in [-0.25, -0.2) is 4.79 Å². The first-order chi connectivity index (χ1) is 10.2. The molecule has 2 heteroatoms. The summed E-state index contributed by atoms with van der Waals surface area (Å²) in [7, 11) is 0. The van der Waals surface area contributed by atoms with Gasteiger partial charge in [0.1, 0.15) is 0 Å². The molecule has 1 aromatic carbocycles. The van der Waals surface area contributed by atoms with Gasteiger partial charge in [0, 0.05) is 5.57 Å². The summed E-state index contributed by atoms with van der Waals surface area (Å²) in [6.45, 7) is 6.03. The van der Waals surface area contributed by atoms with E-state index in [2.05, 4.69) is 36.9 Å². The average molecular weight is 288 g/mol. The first-order valence-corrected chi connectivity index (χ1v) is 8.13. The second-order valence-electron chi connectivity index (χ2n) is 5.43. The van der Waals surface area contributed by atoms with Crippen molar-refractivity contribution in [2.75, 3.05) is 6.61 Å². The van der Waals surface area contributed by atoms with E-state index in [4.69, 9.17) is 4.74 Å². The molecule has 0 fully saturated rings. The lowest BCUT2D eigenvalue weighted by Gasteiger charge is -2.05. The van der Waals surface area contributed by atoms with E-state index in [9.17, 15) is 4.79 Å². The third-order valence-corrected chi connectivity index (χ3v) is 3.60. The van der Waals surface area contributed by atoms with Crippen molar-refractivity contribution >= 4 is 5.97 Å². The average Bonchev–Trinajstić information content (AvgIpc) is 2.51. The van der Waals surface area contributed by atoms with Crippen molar-refractivity contribution in [1.29, 1.82) is 0 Å². The molecule has 0 bridgehead atoms. The van der Waals surface area contributed by atoms with Crippen molar-refractivity contribution < 1.29 is 9.53 Å². The Morgan fingerprint density at radius 2 is 1.62 bits per heavy atom. The van der Waals surface area contributed by atoms with Crippen molar-refractivity contribution in [2.24, 2.45) is 0 Å². The number of benzene rings is 1. The van der Waals surface area contributed by atoms with Crippen LogP contribution >= 0.6 is 0 Å². The Morgan fingerprint density at radius 3 is 2.29 bits per heavy atom. The van der Waals surface area contributed by atoms with E-state index in [1.54, 1.807) is 0 Å². The first kappa shape index (κ1) is 17.5. The maximum absolute atomic E-state index is 11.4. The number of rotatable bonds is 11. The second kappa shape index (κ2) is 11.1. The molecule has 0 saturated carbocycles. The molecule has 0 radical (unpaired) electrons. The number of carbonyl (C=O) groups excluding carboxylic acids is 1. The van der Waals surface area contributed by atoms with Gasteiger partial charge in [0.05, 0.1) is 6.61 Å². The van der Waals surface area contributed by atoms with Crippen LogP contribution in [0, 0.1) is 0 Å². The fourth-order valence-corrected chi connectivity index (χ4v) is 2.35. The van der Waals surface area contributed by atoms with Gasteiger partial charge >= 0.3 is 5.97 Å². The SMILES string of the molecule is C=C(CCCCCCCCc1ccccc1)C(=O)OCC. The van der Waals surface area contributed by atoms with Crippen molar-refractivity contribution in [3.8, 4) is 0 Å². The van der Waals surface area contributed by atoms with E-state index in [0.29, 0.717) is 12.2 Å². The van der Waals surface area contributed by atoms with E-state index in [1.165, 1.54) is 44.1 Å². The molecule has 0 saturated heterocycles. The molecular weight excluding hydrogens is 260 g/mol. The number of aryl methyl sites for hydroxylation is 1. The molecule has 0 unspecified atom stereocenters. The Labute approximate surface area is 129 Å². The summed E-state index contributed by atoms with van der Waals surface area (Å²) in [5.41, 5.74) is 2.05. The summed E-state index contributed by atoms with van der Waals surface area (Å²) in [6.07, 6.45) is 9.22. The van der Waals surface area contributed by atoms with Gasteiger partial charge in [0.15, 0.2) is 0 Å². The molecule has 0 aliphatic heterocycles. The largest absolute Gasteiger partial charge is 0.463 e. The lowest BCUT2D eigenvalue weighted by molar-refractivity contribution is -0.138. The minimum Gasteiger partial charge on any atom is -0.463 e. The molecule has 2 nitrogen and oxygen atoms in total. The van der Waals surface area contributed by atoms with Crippen molar-refractivity contribution in [3.63, 3.8) is 0 Å². The quantitative estimate of drug-likeness (QED) is 0.322. The molecule has 0 spiro atoms. The predicted octanol–water partition coefficient (Wildman–Crippen LogP) is 5.08. The van der Waals surface area contributed by atoms with E-state index in [-0.39, 0.29) is 5.97 Å². The lowest BCUT2D eigenvalue weighted by Crippen LogP contribution is -2.06. The molecule has 1 rings (SSSR count). The van der Waals surface area contributed by atoms with Crippen molar-refractivity contribution in [1.82, 2.24) is 0 Å². The van der Waals surface area contributed by atoms with Crippen LogP contribution in [0.2, 0.25) is 0 Å². The van der Waals surface area contributed by atoms with Crippen LogP contribution < -0.4 is 0 Å². The highest BCUT2D eigenvalue weighted by Crippen LogP contribution is 2.13. The molecule has 21 heavy (non-hydrogen) atoms. The number of hydrogen-bond donors (Lipinski definition) is 0. The number of hydrogen-bond acceptors (Lipinski definition) is 2. The zero-order valence-corrected chi connectivity index (χ0v) is 13.3. The lowest BCUT2D eigenvalue weighted by atomic mass is 10.0. The molecule has 0 N–H and O–H groups in total. The topological polar surface area (TPSA) is 26.3 Å². The van der Waals surface area contributed by atoms with Gasteiger partial charge in [0.25, 0.3) is 0 Å². The van der Waals surface area contributed by atoms with Crippen LogP contribution in [0.1, 0.15) is 57.4 Å². The van der Waals surface area contributed by atoms with Crippen LogP contribution in [0.3, 0.4) is 0 Å². The van der Waals surface area contributed by atoms with Gasteiger partial charge in [0.2, 0.25) is 0 Å². The number of carbonyl (C=O) groups is 1. The zero-order chi connectivity index (χ0) is 15.3. The monoisotopic (exact) mass is 288 g/mol. The van der Waals surface area contributed by atoms with Gasteiger partial charge < -0.3 is 4.74 Å². The minimum atomic E-state index is -0.236. The number of ether oxygens (including phenoxy) is 1. The van der Waals surface area contributed by atoms with Crippen LogP contribution in [0.4, 0.5) is 0 Å². The third kappa shape index (κ3) is 8.34. The molecule has 1 aromatic rings. The van der Waals surface area contributed by atoms with Crippen LogP contribution in [0.5, 0.6) is 0 Å². The predicted molar refractivity (Wildman–Crippen MR) is 88.2 cm³/mol. The smallest absolute Gasteiger partial charge is 0.333 e. The van der Waals surface area contributed by atoms with Crippen molar-refractivity contribution in [2.45, 2.75) is 58.3 Å². The van der Waals surface area contributed by atoms with E-state index >= 15 is 0 Å². The van der Waals surface area contributed by atoms with Crippen molar-refractivity contribution in [3.05, 3.63) is 48.0 Å². The maximum Gasteiger partial charge on any atom is 0.333 e. The first-order valence-electron chi connectivity index (χ1n) is 8.13. The number of esters is 1. The molecule has 0 aliphatic carbocycles. The van der Waals surface area contributed by atoms with E-state index in [1.807, 2.05) is 6.92 Å². The summed E-state index contributed by atoms with van der Waals surface area (Å²) in [6, 6.07) is 10.7. The molecule has 116 valence electrons. The summed E-state index contributed by atoms with van der Waals surface area (Å²) >= 11 is 0. The van der Waals surface area contributed by atoms with Crippen LogP contribution in [0.25, 0.3) is 0 Å². The maximum atomic E-state index is 11.4. The highest BCUT2D eigenvalue weighted by atomic mass is 16.5. The molecule has 0 aliphatic rings. The highest BCUT2D eigenvalue weighted by Gasteiger charge is 2.06. The van der Waals surface area contributed by atoms with E-state index in [0.717, 1.165) is 12.8 Å². The Kier molecular flexibility index (Phi) is 9.26. The summed E-state index contributed by atoms with van der Waals surface area (Å²) in [4.78, 5) is 11.4. The second-order valence-corrected chi connectivity index (χ2v) is 5.43. The van der Waals surface area contributed by atoms with Gasteiger partial charge in [-0.05, 0) is 38.2 Å². The van der Waals surface area contributed by atoms with Crippen LogP contribution in [-0.2, 0) is 16.0 Å². The van der Waals surface area contributed by atoms with Gasteiger partial charge in [-0.3, -0.25) is 0 Å². The fourth-order valence-electron chi connectivity index (χ4n) is 2.35. The minimum absolute atomic E-state index is 0.236. The zero-order valence-electron chi connectivity index (χ0n) is 13.3. The Bertz CT molecular complexity index is 409. The Hall–Kier alpha value is -1.57. The normalized spacial score (nSPS) is 10.3. The van der Waals surface area contributed by atoms with Gasteiger partial charge in [-0.1, -0.05) is 62.6 Å². The molecule has 0 atom stereocenters. The Balaban J connectivity index is 1.93. The summed E-state index contributed by atoms with van der Waals surface area (Å²) in [5.74, 6) is -0.236. The summed E-state index contributed by atoms with van der Waals surface area (Å²) < 4.78 is 4.92. The Morgan fingerprint density at radius 1 is 1.00 bits per heavy atom. The molecular formula is C19H28O2. The van der Waals surface area contributed by atoms with Crippen LogP contribution in [-0.4, -0.2) is 12.6 Å². The van der Waals surface area contributed by atoms with Gasteiger partial charge in [-0.15, -0.1) is 0 Å². The van der Waals surface area contributed by atoms with Gasteiger partial charge in [-0.2, -0.15) is 0 Å². The summed E-state index contributed by atoms with van der Waals surface area (Å²) in [5, 5.41) is 0. The third-order valence-electron chi connectivity index (χ3n) is 3.60. The van der Waals surface area contributed by atoms with Crippen LogP contribution in [0.15, 0.2) is 42.5 Å². The fraction of sp³-hybridized carbons (Fsp3) is 0.526.